The van der Waals surface area contributed by atoms with Gasteiger partial charge in [-0.1, -0.05) is 6.07 Å². The number of rotatable bonds is 3. The van der Waals surface area contributed by atoms with Crippen molar-refractivity contribution in [1.29, 1.82) is 0 Å². The molecule has 2 unspecified atom stereocenters. The van der Waals surface area contributed by atoms with E-state index in [1.807, 2.05) is 13.0 Å². The quantitative estimate of drug-likeness (QED) is 0.893. The van der Waals surface area contributed by atoms with E-state index in [0.717, 1.165) is 17.8 Å². The van der Waals surface area contributed by atoms with Crippen molar-refractivity contribution in [3.63, 3.8) is 0 Å². The van der Waals surface area contributed by atoms with Gasteiger partial charge in [-0.15, -0.1) is 0 Å². The van der Waals surface area contributed by atoms with Crippen molar-refractivity contribution in [2.24, 2.45) is 5.73 Å². The van der Waals surface area contributed by atoms with Gasteiger partial charge in [-0.2, -0.15) is 0 Å². The summed E-state index contributed by atoms with van der Waals surface area (Å²) in [5.74, 6) is -0.123. The van der Waals surface area contributed by atoms with Gasteiger partial charge in [0.1, 0.15) is 5.82 Å². The lowest BCUT2D eigenvalue weighted by molar-refractivity contribution is 0.481. The van der Waals surface area contributed by atoms with E-state index in [-0.39, 0.29) is 11.9 Å². The molecular formula is C15H23FN2. The smallest absolute Gasteiger partial charge is 0.128 e. The fourth-order valence-electron chi connectivity index (χ4n) is 2.80. The second-order valence-corrected chi connectivity index (χ2v) is 5.46. The summed E-state index contributed by atoms with van der Waals surface area (Å²) in [7, 11) is 0. The van der Waals surface area contributed by atoms with E-state index in [1.165, 1.54) is 25.3 Å². The molecule has 0 saturated carbocycles. The second-order valence-electron chi connectivity index (χ2n) is 5.46. The molecule has 1 fully saturated rings. The monoisotopic (exact) mass is 250 g/mol. The lowest BCUT2D eigenvalue weighted by atomic mass is 9.98. The first-order chi connectivity index (χ1) is 8.59. The van der Waals surface area contributed by atoms with Crippen LogP contribution in [-0.2, 0) is 6.42 Å². The van der Waals surface area contributed by atoms with Crippen molar-refractivity contribution in [3.8, 4) is 0 Å². The summed E-state index contributed by atoms with van der Waals surface area (Å²) in [6, 6.07) is 5.85. The summed E-state index contributed by atoms with van der Waals surface area (Å²) in [5.41, 5.74) is 7.66. The molecule has 0 aromatic heterocycles. The Hall–Kier alpha value is -1.09. The van der Waals surface area contributed by atoms with Gasteiger partial charge < -0.3 is 10.6 Å². The molecule has 18 heavy (non-hydrogen) atoms. The Morgan fingerprint density at radius 3 is 2.89 bits per heavy atom. The van der Waals surface area contributed by atoms with Crippen LogP contribution in [0.2, 0.25) is 0 Å². The first-order valence-electron chi connectivity index (χ1n) is 6.89. The molecule has 1 aromatic rings. The van der Waals surface area contributed by atoms with Crippen molar-refractivity contribution >= 4 is 5.69 Å². The number of anilines is 1. The van der Waals surface area contributed by atoms with E-state index in [4.69, 9.17) is 5.73 Å². The molecule has 1 aromatic carbocycles. The van der Waals surface area contributed by atoms with Crippen LogP contribution in [0.5, 0.6) is 0 Å². The van der Waals surface area contributed by atoms with Gasteiger partial charge in [0, 0.05) is 29.9 Å². The minimum absolute atomic E-state index is 0.0132. The third-order valence-corrected chi connectivity index (χ3v) is 3.73. The fraction of sp³-hybridized carbons (Fsp3) is 0.600. The predicted octanol–water partition coefficient (Wildman–Crippen LogP) is 3.09. The number of halogens is 1. The van der Waals surface area contributed by atoms with Crippen LogP contribution in [0, 0.1) is 5.82 Å². The van der Waals surface area contributed by atoms with Crippen LogP contribution in [0.15, 0.2) is 18.2 Å². The lowest BCUT2D eigenvalue weighted by Crippen LogP contribution is -2.38. The first-order valence-corrected chi connectivity index (χ1v) is 6.89. The normalized spacial score (nSPS) is 22.0. The van der Waals surface area contributed by atoms with E-state index in [2.05, 4.69) is 11.8 Å². The predicted molar refractivity (Wildman–Crippen MR) is 74.4 cm³/mol. The summed E-state index contributed by atoms with van der Waals surface area (Å²) in [6.07, 6.45) is 4.26. The third-order valence-electron chi connectivity index (χ3n) is 3.73. The third kappa shape index (κ3) is 2.83. The van der Waals surface area contributed by atoms with Crippen LogP contribution in [0.25, 0.3) is 0 Å². The van der Waals surface area contributed by atoms with Crippen molar-refractivity contribution in [1.82, 2.24) is 0 Å². The number of hydrogen-bond donors (Lipinski definition) is 1. The van der Waals surface area contributed by atoms with Gasteiger partial charge in [-0.25, -0.2) is 4.39 Å². The second kappa shape index (κ2) is 5.70. The van der Waals surface area contributed by atoms with Crippen LogP contribution in [0.1, 0.15) is 38.7 Å². The number of nitrogens with zero attached hydrogens (tertiary/aromatic N) is 1. The van der Waals surface area contributed by atoms with Crippen molar-refractivity contribution in [3.05, 3.63) is 29.6 Å². The van der Waals surface area contributed by atoms with Crippen LogP contribution in [0.4, 0.5) is 10.1 Å². The largest absolute Gasteiger partial charge is 0.369 e. The van der Waals surface area contributed by atoms with Gasteiger partial charge in [0.05, 0.1) is 0 Å². The summed E-state index contributed by atoms with van der Waals surface area (Å²) >= 11 is 0. The average molecular weight is 250 g/mol. The Morgan fingerprint density at radius 2 is 2.22 bits per heavy atom. The molecule has 0 aliphatic carbocycles. The Balaban J connectivity index is 2.33. The zero-order chi connectivity index (χ0) is 13.1. The highest BCUT2D eigenvalue weighted by atomic mass is 19.1. The summed E-state index contributed by atoms with van der Waals surface area (Å²) in [4.78, 5) is 2.34. The van der Waals surface area contributed by atoms with E-state index >= 15 is 0 Å². The molecule has 1 aliphatic rings. The van der Waals surface area contributed by atoms with E-state index in [9.17, 15) is 4.39 Å². The molecule has 1 saturated heterocycles. The molecule has 0 radical (unpaired) electrons. The van der Waals surface area contributed by atoms with Crippen molar-refractivity contribution < 1.29 is 4.39 Å². The molecule has 0 spiro atoms. The van der Waals surface area contributed by atoms with Crippen LogP contribution in [0.3, 0.4) is 0 Å². The minimum atomic E-state index is -0.123. The SMILES string of the molecule is CC(N)Cc1c(F)cccc1N1CCCCC1C. The highest BCUT2D eigenvalue weighted by Crippen LogP contribution is 2.30. The molecule has 1 heterocycles. The van der Waals surface area contributed by atoms with Gasteiger partial charge >= 0.3 is 0 Å². The number of benzene rings is 1. The van der Waals surface area contributed by atoms with Gasteiger partial charge in [0.2, 0.25) is 0 Å². The zero-order valence-corrected chi connectivity index (χ0v) is 11.3. The minimum Gasteiger partial charge on any atom is -0.369 e. The Bertz CT molecular complexity index is 403. The summed E-state index contributed by atoms with van der Waals surface area (Å²) in [6.45, 7) is 5.17. The molecule has 2 N–H and O–H groups in total. The molecular weight excluding hydrogens is 227 g/mol. The lowest BCUT2D eigenvalue weighted by Gasteiger charge is -2.37. The van der Waals surface area contributed by atoms with E-state index in [1.54, 1.807) is 6.07 Å². The highest BCUT2D eigenvalue weighted by Gasteiger charge is 2.22. The van der Waals surface area contributed by atoms with Crippen LogP contribution >= 0.6 is 0 Å². The van der Waals surface area contributed by atoms with Crippen molar-refractivity contribution in [2.75, 3.05) is 11.4 Å². The number of hydrogen-bond acceptors (Lipinski definition) is 2. The molecule has 1 aliphatic heterocycles. The van der Waals surface area contributed by atoms with Gasteiger partial charge in [0.15, 0.2) is 0 Å². The average Bonchev–Trinajstić information content (AvgIpc) is 2.32. The summed E-state index contributed by atoms with van der Waals surface area (Å²) in [5, 5.41) is 0. The molecule has 3 heteroatoms. The Labute approximate surface area is 109 Å². The summed E-state index contributed by atoms with van der Waals surface area (Å²) < 4.78 is 14.0. The van der Waals surface area contributed by atoms with Crippen molar-refractivity contribution in [2.45, 2.75) is 51.6 Å². The maximum atomic E-state index is 14.0. The highest BCUT2D eigenvalue weighted by molar-refractivity contribution is 5.55. The van der Waals surface area contributed by atoms with Gasteiger partial charge in [-0.3, -0.25) is 0 Å². The van der Waals surface area contributed by atoms with Crippen LogP contribution in [-0.4, -0.2) is 18.6 Å². The Morgan fingerprint density at radius 1 is 1.44 bits per heavy atom. The molecule has 2 rings (SSSR count). The molecule has 2 nitrogen and oxygen atoms in total. The first kappa shape index (κ1) is 13.3. The molecule has 0 amide bonds. The van der Waals surface area contributed by atoms with Crippen LogP contribution < -0.4 is 10.6 Å². The molecule has 2 atom stereocenters. The van der Waals surface area contributed by atoms with Gasteiger partial charge in [0.25, 0.3) is 0 Å². The molecule has 0 bridgehead atoms. The zero-order valence-electron chi connectivity index (χ0n) is 11.3. The number of piperidine rings is 1. The number of nitrogens with two attached hydrogens (primary N) is 1. The maximum absolute atomic E-state index is 14.0. The maximum Gasteiger partial charge on any atom is 0.128 e. The topological polar surface area (TPSA) is 29.3 Å². The Kier molecular flexibility index (Phi) is 4.23. The fourth-order valence-corrected chi connectivity index (χ4v) is 2.80. The standard InChI is InChI=1S/C15H23FN2/c1-11(17)10-13-14(16)7-5-8-15(13)18-9-4-3-6-12(18)2/h5,7-8,11-12H,3-4,6,9-10,17H2,1-2H3. The van der Waals surface area contributed by atoms with E-state index in [0.29, 0.717) is 12.5 Å². The molecule has 100 valence electrons. The van der Waals surface area contributed by atoms with Gasteiger partial charge in [-0.05, 0) is 51.7 Å². The van der Waals surface area contributed by atoms with E-state index < -0.39 is 0 Å².